The fourth-order valence-corrected chi connectivity index (χ4v) is 5.18. The number of methoxy groups -OCH3 is 1. The zero-order valence-electron chi connectivity index (χ0n) is 12.9. The Morgan fingerprint density at radius 3 is 2.90 bits per heavy atom. The third-order valence-corrected chi connectivity index (χ3v) is 6.47. The summed E-state index contributed by atoms with van der Waals surface area (Å²) in [5.74, 6) is 2.80. The molecule has 112 valence electrons. The summed E-state index contributed by atoms with van der Waals surface area (Å²) in [6.45, 7) is 2.31. The minimum absolute atomic E-state index is 0.103. The molecular weight excluding hydrogens is 260 g/mol. The molecule has 0 radical (unpaired) electrons. The van der Waals surface area contributed by atoms with E-state index in [0.717, 1.165) is 18.6 Å². The molecule has 21 heavy (non-hydrogen) atoms. The first-order valence-corrected chi connectivity index (χ1v) is 8.17. The highest BCUT2D eigenvalue weighted by molar-refractivity contribution is 5.61. The van der Waals surface area contributed by atoms with E-state index in [1.165, 1.54) is 24.0 Å². The van der Waals surface area contributed by atoms with Crippen molar-refractivity contribution >= 4 is 6.08 Å². The average Bonchev–Trinajstić information content (AvgIpc) is 2.82. The van der Waals surface area contributed by atoms with E-state index >= 15 is 0 Å². The van der Waals surface area contributed by atoms with Crippen molar-refractivity contribution in [3.8, 4) is 5.75 Å². The molecule has 2 saturated carbocycles. The maximum absolute atomic E-state index is 10.4. The van der Waals surface area contributed by atoms with Gasteiger partial charge in [-0.15, -0.1) is 0 Å². The number of rotatable bonds is 1. The van der Waals surface area contributed by atoms with Gasteiger partial charge in [0.15, 0.2) is 0 Å². The van der Waals surface area contributed by atoms with E-state index in [4.69, 9.17) is 4.74 Å². The number of fused-ring (bicyclic) bond motifs is 5. The van der Waals surface area contributed by atoms with Crippen LogP contribution in [0.25, 0.3) is 6.08 Å². The summed E-state index contributed by atoms with van der Waals surface area (Å²) >= 11 is 0. The number of hydrogen-bond acceptors (Lipinski definition) is 2. The highest BCUT2D eigenvalue weighted by Crippen LogP contribution is 2.60. The van der Waals surface area contributed by atoms with E-state index in [2.05, 4.69) is 37.3 Å². The molecule has 3 aliphatic rings. The summed E-state index contributed by atoms with van der Waals surface area (Å²) in [4.78, 5) is 0. The Bertz CT molecular complexity index is 591. The standard InChI is InChI=1S/C19H24O2/c1-19-10-9-15-14-6-4-13(21-2)11-12(14)3-5-16(15)17(19)7-8-18(19)20/h3-6,11,15-18,20H,7-10H2,1-2H3/t15?,16?,17?,18-,19-/m0/s1. The van der Waals surface area contributed by atoms with Crippen molar-refractivity contribution in [2.24, 2.45) is 17.3 Å². The molecule has 3 aliphatic carbocycles. The SMILES string of the molecule is COc1ccc2c(c1)C=CC1C2CC[C@@]2(C)C1CC[C@@H]2O. The van der Waals surface area contributed by atoms with Gasteiger partial charge in [-0.25, -0.2) is 0 Å². The first kappa shape index (κ1) is 13.4. The Labute approximate surface area is 126 Å². The normalized spacial score (nSPS) is 40.3. The van der Waals surface area contributed by atoms with Crippen LogP contribution in [0.3, 0.4) is 0 Å². The summed E-state index contributed by atoms with van der Waals surface area (Å²) in [5.41, 5.74) is 2.93. The first-order chi connectivity index (χ1) is 10.1. The zero-order valence-corrected chi connectivity index (χ0v) is 12.9. The fourth-order valence-electron chi connectivity index (χ4n) is 5.18. The van der Waals surface area contributed by atoms with Crippen LogP contribution >= 0.6 is 0 Å². The second-order valence-electron chi connectivity index (χ2n) is 7.28. The van der Waals surface area contributed by atoms with E-state index < -0.39 is 0 Å². The van der Waals surface area contributed by atoms with Crippen molar-refractivity contribution < 1.29 is 9.84 Å². The Morgan fingerprint density at radius 1 is 1.24 bits per heavy atom. The Kier molecular flexibility index (Phi) is 2.94. The minimum atomic E-state index is -0.103. The molecule has 0 aromatic heterocycles. The van der Waals surface area contributed by atoms with Gasteiger partial charge in [0.2, 0.25) is 0 Å². The lowest BCUT2D eigenvalue weighted by molar-refractivity contribution is -0.00797. The second kappa shape index (κ2) is 4.61. The maximum atomic E-state index is 10.4. The lowest BCUT2D eigenvalue weighted by atomic mass is 9.57. The third-order valence-electron chi connectivity index (χ3n) is 6.47. The van der Waals surface area contributed by atoms with E-state index in [0.29, 0.717) is 17.8 Å². The number of aliphatic hydroxyl groups is 1. The van der Waals surface area contributed by atoms with Crippen molar-refractivity contribution in [3.63, 3.8) is 0 Å². The van der Waals surface area contributed by atoms with Gasteiger partial charge in [0, 0.05) is 0 Å². The molecule has 0 saturated heterocycles. The van der Waals surface area contributed by atoms with Gasteiger partial charge in [-0.3, -0.25) is 0 Å². The van der Waals surface area contributed by atoms with Gasteiger partial charge in [0.25, 0.3) is 0 Å². The molecule has 1 aromatic carbocycles. The van der Waals surface area contributed by atoms with Gasteiger partial charge < -0.3 is 9.84 Å². The lowest BCUT2D eigenvalue weighted by Crippen LogP contribution is -2.42. The molecule has 2 fully saturated rings. The number of aliphatic hydroxyl groups excluding tert-OH is 1. The van der Waals surface area contributed by atoms with E-state index in [1.807, 2.05) is 0 Å². The molecule has 2 heteroatoms. The summed E-state index contributed by atoms with van der Waals surface area (Å²) in [6.07, 6.45) is 9.08. The van der Waals surface area contributed by atoms with E-state index in [-0.39, 0.29) is 11.5 Å². The molecule has 4 rings (SSSR count). The molecule has 1 aromatic rings. The highest BCUT2D eigenvalue weighted by atomic mass is 16.5. The molecule has 3 unspecified atom stereocenters. The highest BCUT2D eigenvalue weighted by Gasteiger charge is 2.53. The van der Waals surface area contributed by atoms with Crippen LogP contribution in [0.4, 0.5) is 0 Å². The average molecular weight is 284 g/mol. The molecule has 0 heterocycles. The second-order valence-corrected chi connectivity index (χ2v) is 7.28. The van der Waals surface area contributed by atoms with Gasteiger partial charge >= 0.3 is 0 Å². The van der Waals surface area contributed by atoms with Gasteiger partial charge in [0.05, 0.1) is 13.2 Å². The Morgan fingerprint density at radius 2 is 2.10 bits per heavy atom. The summed E-state index contributed by atoms with van der Waals surface area (Å²) in [5, 5.41) is 10.4. The molecule has 5 atom stereocenters. The summed E-state index contributed by atoms with van der Waals surface area (Å²) < 4.78 is 5.35. The Balaban J connectivity index is 1.72. The number of allylic oxidation sites excluding steroid dienone is 1. The monoisotopic (exact) mass is 284 g/mol. The lowest BCUT2D eigenvalue weighted by Gasteiger charge is -2.48. The van der Waals surface area contributed by atoms with Gasteiger partial charge in [-0.2, -0.15) is 0 Å². The molecular formula is C19H24O2. The third kappa shape index (κ3) is 1.81. The van der Waals surface area contributed by atoms with Crippen LogP contribution in [-0.4, -0.2) is 18.3 Å². The van der Waals surface area contributed by atoms with Crippen molar-refractivity contribution in [2.45, 2.75) is 44.6 Å². The van der Waals surface area contributed by atoms with Gasteiger partial charge in [-0.05, 0) is 72.1 Å². The zero-order chi connectivity index (χ0) is 14.6. The maximum Gasteiger partial charge on any atom is 0.119 e. The van der Waals surface area contributed by atoms with Crippen LogP contribution in [0, 0.1) is 17.3 Å². The van der Waals surface area contributed by atoms with Crippen LogP contribution in [0.2, 0.25) is 0 Å². The number of benzene rings is 1. The first-order valence-electron chi connectivity index (χ1n) is 8.17. The van der Waals surface area contributed by atoms with Crippen molar-refractivity contribution in [2.75, 3.05) is 7.11 Å². The van der Waals surface area contributed by atoms with Crippen LogP contribution < -0.4 is 4.74 Å². The predicted molar refractivity (Wildman–Crippen MR) is 84.3 cm³/mol. The Hall–Kier alpha value is -1.28. The summed E-state index contributed by atoms with van der Waals surface area (Å²) in [7, 11) is 1.73. The van der Waals surface area contributed by atoms with Crippen molar-refractivity contribution in [3.05, 3.63) is 35.4 Å². The molecule has 0 amide bonds. The molecule has 0 spiro atoms. The predicted octanol–water partition coefficient (Wildman–Crippen LogP) is 3.99. The minimum Gasteiger partial charge on any atom is -0.497 e. The molecule has 1 N–H and O–H groups in total. The van der Waals surface area contributed by atoms with Crippen LogP contribution in [0.5, 0.6) is 5.75 Å². The van der Waals surface area contributed by atoms with Crippen LogP contribution in [0.1, 0.15) is 49.7 Å². The van der Waals surface area contributed by atoms with Crippen LogP contribution in [-0.2, 0) is 0 Å². The summed E-state index contributed by atoms with van der Waals surface area (Å²) in [6, 6.07) is 6.50. The largest absolute Gasteiger partial charge is 0.497 e. The quantitative estimate of drug-likeness (QED) is 0.845. The number of ether oxygens (including phenoxy) is 1. The molecule has 2 nitrogen and oxygen atoms in total. The van der Waals surface area contributed by atoms with E-state index in [9.17, 15) is 5.11 Å². The molecule has 0 aliphatic heterocycles. The number of hydrogen-bond donors (Lipinski definition) is 1. The fraction of sp³-hybridized carbons (Fsp3) is 0.579. The topological polar surface area (TPSA) is 29.5 Å². The van der Waals surface area contributed by atoms with Crippen molar-refractivity contribution in [1.29, 1.82) is 0 Å². The van der Waals surface area contributed by atoms with Gasteiger partial charge in [0.1, 0.15) is 5.75 Å². The van der Waals surface area contributed by atoms with E-state index in [1.54, 1.807) is 7.11 Å². The van der Waals surface area contributed by atoms with Crippen LogP contribution in [0.15, 0.2) is 24.3 Å². The smallest absolute Gasteiger partial charge is 0.119 e. The molecule has 0 bridgehead atoms. The van der Waals surface area contributed by atoms with Gasteiger partial charge in [-0.1, -0.05) is 25.1 Å². The van der Waals surface area contributed by atoms with Crippen molar-refractivity contribution in [1.82, 2.24) is 0 Å².